The number of anilines is 2. The fraction of sp³-hybridized carbons (Fsp3) is 0.370. The monoisotopic (exact) mass is 530 g/mol. The lowest BCUT2D eigenvalue weighted by Gasteiger charge is -2.38. The molecule has 4 rings (SSSR count). The first-order valence-electron chi connectivity index (χ1n) is 12.3. The Kier molecular flexibility index (Phi) is 8.23. The minimum atomic E-state index is -4.49. The first-order chi connectivity index (χ1) is 18.2. The zero-order chi connectivity index (χ0) is 27.3. The molecule has 2 heterocycles. The van der Waals surface area contributed by atoms with Crippen molar-refractivity contribution < 1.29 is 32.3 Å². The Hall–Kier alpha value is -4.02. The predicted octanol–water partition coefficient (Wildman–Crippen LogP) is 4.61. The Morgan fingerprint density at radius 3 is 2.45 bits per heavy atom. The quantitative estimate of drug-likeness (QED) is 0.433. The molecule has 0 radical (unpaired) electrons. The molecule has 0 unspecified atom stereocenters. The fourth-order valence-electron chi connectivity index (χ4n) is 5.05. The highest BCUT2D eigenvalue weighted by Gasteiger charge is 2.44. The molecule has 2 saturated heterocycles. The molecule has 202 valence electrons. The molecule has 2 bridgehead atoms. The van der Waals surface area contributed by atoms with Crippen LogP contribution in [0, 0.1) is 0 Å². The molecule has 11 heteroatoms. The topological polar surface area (TPSA) is 99.8 Å². The van der Waals surface area contributed by atoms with Crippen molar-refractivity contribution in [2.45, 2.75) is 50.0 Å². The molecule has 3 atom stereocenters. The van der Waals surface area contributed by atoms with Gasteiger partial charge in [0.25, 0.3) is 5.91 Å². The van der Waals surface area contributed by atoms with E-state index < -0.39 is 17.6 Å². The summed E-state index contributed by atoms with van der Waals surface area (Å²) in [4.78, 5) is 39.5. The van der Waals surface area contributed by atoms with Crippen molar-refractivity contribution in [3.05, 3.63) is 72.3 Å². The van der Waals surface area contributed by atoms with Gasteiger partial charge in [-0.2, -0.15) is 13.2 Å². The Morgan fingerprint density at radius 1 is 1.05 bits per heavy atom. The summed E-state index contributed by atoms with van der Waals surface area (Å²) in [6.45, 7) is 3.42. The molecular weight excluding hydrogens is 501 g/mol. The molecule has 3 amide bonds. The molecule has 2 aliphatic rings. The molecule has 0 aromatic heterocycles. The van der Waals surface area contributed by atoms with Gasteiger partial charge in [-0.25, -0.2) is 4.79 Å². The van der Waals surface area contributed by atoms with Crippen LogP contribution in [-0.4, -0.2) is 54.1 Å². The summed E-state index contributed by atoms with van der Waals surface area (Å²) < 4.78 is 44.3. The van der Waals surface area contributed by atoms with E-state index in [1.807, 2.05) is 0 Å². The zero-order valence-corrected chi connectivity index (χ0v) is 20.6. The number of para-hydroxylation sites is 1. The summed E-state index contributed by atoms with van der Waals surface area (Å²) in [5, 5.41) is 8.36. The Labute approximate surface area is 218 Å². The maximum absolute atomic E-state index is 13.0. The van der Waals surface area contributed by atoms with Gasteiger partial charge in [-0.05, 0) is 56.0 Å². The van der Waals surface area contributed by atoms with Crippen LogP contribution in [0.2, 0.25) is 0 Å². The highest BCUT2D eigenvalue weighted by molar-refractivity contribution is 6.01. The molecule has 0 spiro atoms. The number of halogens is 3. The minimum absolute atomic E-state index is 0.0141. The van der Waals surface area contributed by atoms with Gasteiger partial charge >= 0.3 is 12.3 Å². The Bertz CT molecular complexity index is 1190. The highest BCUT2D eigenvalue weighted by Crippen LogP contribution is 2.36. The first-order valence-corrected chi connectivity index (χ1v) is 12.3. The number of nitrogens with one attached hydrogen (secondary N) is 3. The second kappa shape index (κ2) is 11.6. The largest absolute Gasteiger partial charge is 0.445 e. The molecule has 2 aliphatic heterocycles. The number of carbonyl (C=O) groups is 3. The van der Waals surface area contributed by atoms with Gasteiger partial charge < -0.3 is 25.6 Å². The summed E-state index contributed by atoms with van der Waals surface area (Å²) >= 11 is 0. The summed E-state index contributed by atoms with van der Waals surface area (Å²) in [7, 11) is 0. The van der Waals surface area contributed by atoms with Crippen molar-refractivity contribution in [2.75, 3.05) is 18.5 Å². The summed E-state index contributed by atoms with van der Waals surface area (Å²) in [5.41, 5.74) is -0.152. The number of alkyl halides is 3. The molecule has 0 saturated carbocycles. The summed E-state index contributed by atoms with van der Waals surface area (Å²) in [5.74, 6) is -0.913. The Morgan fingerprint density at radius 2 is 1.76 bits per heavy atom. The van der Waals surface area contributed by atoms with E-state index in [1.54, 1.807) is 23.1 Å². The van der Waals surface area contributed by atoms with Crippen molar-refractivity contribution in [1.82, 2.24) is 15.5 Å². The van der Waals surface area contributed by atoms with Crippen LogP contribution in [0.1, 0.15) is 41.6 Å². The van der Waals surface area contributed by atoms with Crippen molar-refractivity contribution >= 4 is 29.3 Å². The van der Waals surface area contributed by atoms with Crippen LogP contribution < -0.4 is 16.0 Å². The number of piperidine rings is 1. The number of benzene rings is 2. The van der Waals surface area contributed by atoms with Crippen molar-refractivity contribution in [3.8, 4) is 0 Å². The number of fused-ring (bicyclic) bond motifs is 2. The van der Waals surface area contributed by atoms with Crippen LogP contribution in [0.15, 0.2) is 61.2 Å². The van der Waals surface area contributed by atoms with Crippen LogP contribution in [-0.2, 0) is 15.7 Å². The minimum Gasteiger partial charge on any atom is -0.445 e. The van der Waals surface area contributed by atoms with Gasteiger partial charge in [-0.1, -0.05) is 30.9 Å². The van der Waals surface area contributed by atoms with E-state index in [4.69, 9.17) is 4.74 Å². The van der Waals surface area contributed by atoms with Gasteiger partial charge in [0.15, 0.2) is 0 Å². The lowest BCUT2D eigenvalue weighted by molar-refractivity contribution is -0.137. The van der Waals surface area contributed by atoms with Gasteiger partial charge in [0.2, 0.25) is 5.91 Å². The average Bonchev–Trinajstić information content (AvgIpc) is 3.16. The number of hydrogen-bond donors (Lipinski definition) is 3. The van der Waals surface area contributed by atoms with E-state index in [2.05, 4.69) is 22.5 Å². The number of hydrogen-bond acceptors (Lipinski definition) is 5. The highest BCUT2D eigenvalue weighted by atomic mass is 19.4. The lowest BCUT2D eigenvalue weighted by Crippen LogP contribution is -2.53. The third kappa shape index (κ3) is 6.45. The van der Waals surface area contributed by atoms with E-state index in [0.29, 0.717) is 18.5 Å². The van der Waals surface area contributed by atoms with Crippen LogP contribution in [0.3, 0.4) is 0 Å². The molecule has 38 heavy (non-hydrogen) atoms. The normalized spacial score (nSPS) is 20.4. The van der Waals surface area contributed by atoms with E-state index in [1.165, 1.54) is 24.3 Å². The van der Waals surface area contributed by atoms with Gasteiger partial charge in [0.05, 0.1) is 23.4 Å². The molecule has 3 N–H and O–H groups in total. The SMILES string of the molecule is C=CCOC(=O)N1[C@@H]2CC[C@H]1C[C@@H](NC(=O)CNC(=O)c1ccccc1Nc1cccc(C(F)(F)F)c1)C2. The van der Waals surface area contributed by atoms with E-state index >= 15 is 0 Å². The number of ether oxygens (including phenoxy) is 1. The predicted molar refractivity (Wildman–Crippen MR) is 135 cm³/mol. The van der Waals surface area contributed by atoms with Crippen LogP contribution >= 0.6 is 0 Å². The zero-order valence-electron chi connectivity index (χ0n) is 20.6. The first kappa shape index (κ1) is 27.0. The smallest absolute Gasteiger partial charge is 0.416 e. The number of rotatable bonds is 8. The second-order valence-corrected chi connectivity index (χ2v) is 9.33. The van der Waals surface area contributed by atoms with Gasteiger partial charge in [0, 0.05) is 23.8 Å². The Balaban J connectivity index is 1.31. The lowest BCUT2D eigenvalue weighted by atomic mass is 9.97. The van der Waals surface area contributed by atoms with E-state index in [0.717, 1.165) is 25.0 Å². The maximum atomic E-state index is 13.0. The van der Waals surface area contributed by atoms with Crippen molar-refractivity contribution in [3.63, 3.8) is 0 Å². The molecular formula is C27H29F3N4O4. The van der Waals surface area contributed by atoms with Gasteiger partial charge in [-0.15, -0.1) is 0 Å². The maximum Gasteiger partial charge on any atom is 0.416 e. The van der Waals surface area contributed by atoms with Crippen molar-refractivity contribution in [2.24, 2.45) is 0 Å². The number of carbonyl (C=O) groups excluding carboxylic acids is 3. The van der Waals surface area contributed by atoms with Crippen LogP contribution in [0.5, 0.6) is 0 Å². The molecule has 0 aliphatic carbocycles. The molecule has 2 fully saturated rings. The molecule has 2 aromatic carbocycles. The standard InChI is InChI=1S/C27H29F3N4O4/c1-2-12-38-26(37)34-20-10-11-21(34)15-19(14-20)33-24(35)16-31-25(36)22-8-3-4-9-23(22)32-18-7-5-6-17(13-18)27(28,29)30/h2-9,13,19-21,32H,1,10-12,14-16H2,(H,31,36)(H,33,35)/t19-,20+,21-. The summed E-state index contributed by atoms with van der Waals surface area (Å²) in [6, 6.07) is 10.9. The number of nitrogens with zero attached hydrogens (tertiary/aromatic N) is 1. The van der Waals surface area contributed by atoms with Gasteiger partial charge in [0.1, 0.15) is 6.61 Å². The molecule has 8 nitrogen and oxygen atoms in total. The fourth-order valence-corrected chi connectivity index (χ4v) is 5.05. The van der Waals surface area contributed by atoms with Gasteiger partial charge in [-0.3, -0.25) is 9.59 Å². The van der Waals surface area contributed by atoms with E-state index in [9.17, 15) is 27.6 Å². The van der Waals surface area contributed by atoms with Crippen LogP contribution in [0.25, 0.3) is 0 Å². The number of amides is 3. The third-order valence-electron chi connectivity index (χ3n) is 6.68. The summed E-state index contributed by atoms with van der Waals surface area (Å²) in [6.07, 6.45) is -0.467. The van der Waals surface area contributed by atoms with Crippen LogP contribution in [0.4, 0.5) is 29.3 Å². The average molecular weight is 531 g/mol. The third-order valence-corrected chi connectivity index (χ3v) is 6.68. The van der Waals surface area contributed by atoms with Crippen molar-refractivity contribution in [1.29, 1.82) is 0 Å². The molecule has 2 aromatic rings. The van der Waals surface area contributed by atoms with E-state index in [-0.39, 0.29) is 54.5 Å². The second-order valence-electron chi connectivity index (χ2n) is 9.33.